The fourth-order valence-electron chi connectivity index (χ4n) is 5.87. The molecule has 1 atom stereocenters. The molecule has 1 aromatic carbocycles. The van der Waals surface area contributed by atoms with Crippen LogP contribution in [0, 0.1) is 17.3 Å². The molecule has 9 nitrogen and oxygen atoms in total. The Kier molecular flexibility index (Phi) is 9.88. The number of ether oxygens (including phenoxy) is 2. The molecule has 10 heteroatoms. The van der Waals surface area contributed by atoms with Gasteiger partial charge in [-0.1, -0.05) is 17.9 Å². The summed E-state index contributed by atoms with van der Waals surface area (Å²) in [6, 6.07) is 9.69. The molecule has 218 valence electrons. The van der Waals surface area contributed by atoms with Crippen LogP contribution in [0.15, 0.2) is 41.9 Å². The highest BCUT2D eigenvalue weighted by Gasteiger charge is 2.41. The number of rotatable bonds is 9. The van der Waals surface area contributed by atoms with E-state index in [1.165, 1.54) is 0 Å². The Morgan fingerprint density at radius 2 is 2.02 bits per heavy atom. The quantitative estimate of drug-likeness (QED) is 0.201. The summed E-state index contributed by atoms with van der Waals surface area (Å²) < 4.78 is 11.0. The fraction of sp³-hybridized carbons (Fsp3) is 0.484. The highest BCUT2D eigenvalue weighted by atomic mass is 32.1. The number of aliphatic hydroxyl groups is 1. The zero-order valence-corrected chi connectivity index (χ0v) is 24.3. The minimum atomic E-state index is -0.818. The minimum absolute atomic E-state index is 0.373. The van der Waals surface area contributed by atoms with Crippen LogP contribution in [0.4, 0.5) is 0 Å². The summed E-state index contributed by atoms with van der Waals surface area (Å²) in [6.07, 6.45) is 3.02. The minimum Gasteiger partial charge on any atom is -0.497 e. The normalized spacial score (nSPS) is 18.4. The summed E-state index contributed by atoms with van der Waals surface area (Å²) in [7, 11) is 1.62. The van der Waals surface area contributed by atoms with Gasteiger partial charge >= 0.3 is 0 Å². The van der Waals surface area contributed by atoms with Crippen molar-refractivity contribution in [3.05, 3.63) is 57.9 Å². The van der Waals surface area contributed by atoms with Gasteiger partial charge in [-0.3, -0.25) is 24.8 Å². The molecule has 0 radical (unpaired) electrons. The van der Waals surface area contributed by atoms with E-state index >= 15 is 0 Å². The molecule has 2 aliphatic rings. The van der Waals surface area contributed by atoms with Gasteiger partial charge in [-0.2, -0.15) is 0 Å². The third kappa shape index (κ3) is 7.07. The molecule has 1 amide bonds. The predicted octanol–water partition coefficient (Wildman–Crippen LogP) is 3.59. The number of benzene rings is 1. The SMILES string of the molecule is COc1ccc2ncc(CN3CCOCC3)c(C(O)CCC3(C(=O)NO)CCN(CC#Cc4cccs4)CC3)c2c1. The first-order valence-corrected chi connectivity index (χ1v) is 15.0. The van der Waals surface area contributed by atoms with E-state index < -0.39 is 11.5 Å². The Balaban J connectivity index is 1.33. The molecule has 2 saturated heterocycles. The average Bonchev–Trinajstić information content (AvgIpc) is 3.54. The lowest BCUT2D eigenvalue weighted by molar-refractivity contribution is -0.143. The molecule has 3 aromatic rings. The standard InChI is InChI=1S/C31H38N4O5S/c1-39-24-6-7-27-26(20-24)29(23(21-32-27)22-35-15-17-40-18-16-35)28(36)8-9-31(30(37)33-38)10-13-34(14-11-31)12-2-4-25-5-3-19-41-25/h3,5-7,19-21,28,36,38H,8-18,22H2,1H3,(H,33,37). The number of morpholine rings is 1. The third-order valence-corrected chi connectivity index (χ3v) is 9.14. The number of thiophene rings is 1. The summed E-state index contributed by atoms with van der Waals surface area (Å²) in [5, 5.41) is 24.2. The number of carbonyl (C=O) groups is 1. The molecular weight excluding hydrogens is 540 g/mol. The number of hydroxylamine groups is 1. The van der Waals surface area contributed by atoms with Gasteiger partial charge in [0.1, 0.15) is 5.75 Å². The smallest absolute Gasteiger partial charge is 0.249 e. The lowest BCUT2D eigenvalue weighted by Gasteiger charge is -2.40. The molecule has 41 heavy (non-hydrogen) atoms. The van der Waals surface area contributed by atoms with Gasteiger partial charge in [-0.15, -0.1) is 11.3 Å². The molecule has 0 aliphatic carbocycles. The van der Waals surface area contributed by atoms with Crippen LogP contribution in [-0.2, 0) is 16.1 Å². The lowest BCUT2D eigenvalue weighted by Crippen LogP contribution is -2.48. The maximum absolute atomic E-state index is 13.0. The number of likely N-dealkylation sites (tertiary alicyclic amines) is 1. The first-order chi connectivity index (χ1) is 20.0. The van der Waals surface area contributed by atoms with Gasteiger partial charge in [0.15, 0.2) is 0 Å². The number of methoxy groups -OCH3 is 1. The summed E-state index contributed by atoms with van der Waals surface area (Å²) in [5.74, 6) is 6.74. The van der Waals surface area contributed by atoms with Crippen LogP contribution in [0.1, 0.15) is 47.8 Å². The van der Waals surface area contributed by atoms with Gasteiger partial charge in [0.25, 0.3) is 0 Å². The number of fused-ring (bicyclic) bond motifs is 1. The van der Waals surface area contributed by atoms with Crippen molar-refractivity contribution in [3.63, 3.8) is 0 Å². The number of nitrogens with one attached hydrogen (secondary N) is 1. The van der Waals surface area contributed by atoms with E-state index in [0.29, 0.717) is 70.8 Å². The molecule has 3 N–H and O–H groups in total. The molecular formula is C31H38N4O5S. The Morgan fingerprint density at radius 1 is 1.22 bits per heavy atom. The van der Waals surface area contributed by atoms with Crippen molar-refractivity contribution in [1.82, 2.24) is 20.3 Å². The van der Waals surface area contributed by atoms with E-state index in [9.17, 15) is 15.1 Å². The summed E-state index contributed by atoms with van der Waals surface area (Å²) in [4.78, 5) is 23.3. The van der Waals surface area contributed by atoms with Gasteiger partial charge in [-0.05, 0) is 66.5 Å². The van der Waals surface area contributed by atoms with E-state index in [2.05, 4.69) is 26.6 Å². The second-order valence-electron chi connectivity index (χ2n) is 10.8. The van der Waals surface area contributed by atoms with Gasteiger partial charge in [0.2, 0.25) is 5.91 Å². The maximum atomic E-state index is 13.0. The number of aromatic nitrogens is 1. The first-order valence-electron chi connectivity index (χ1n) is 14.1. The Labute approximate surface area is 245 Å². The number of pyridine rings is 1. The number of amides is 1. The van der Waals surface area contributed by atoms with Crippen molar-refractivity contribution in [3.8, 4) is 17.6 Å². The number of hydrogen-bond acceptors (Lipinski definition) is 9. The van der Waals surface area contributed by atoms with Gasteiger partial charge in [0.05, 0.1) is 48.8 Å². The van der Waals surface area contributed by atoms with Crippen LogP contribution >= 0.6 is 11.3 Å². The van der Waals surface area contributed by atoms with Crippen LogP contribution in [0.2, 0.25) is 0 Å². The monoisotopic (exact) mass is 578 g/mol. The van der Waals surface area contributed by atoms with Crippen LogP contribution in [-0.4, -0.2) is 84.1 Å². The largest absolute Gasteiger partial charge is 0.497 e. The highest BCUT2D eigenvalue weighted by Crippen LogP contribution is 2.40. The number of hydrogen-bond donors (Lipinski definition) is 3. The summed E-state index contributed by atoms with van der Waals surface area (Å²) in [5.41, 5.74) is 3.71. The van der Waals surface area contributed by atoms with Crippen LogP contribution in [0.5, 0.6) is 5.75 Å². The van der Waals surface area contributed by atoms with Crippen molar-refractivity contribution in [1.29, 1.82) is 0 Å². The second-order valence-corrected chi connectivity index (χ2v) is 11.7. The number of carbonyl (C=O) groups excluding carboxylic acids is 1. The third-order valence-electron chi connectivity index (χ3n) is 8.36. The van der Waals surface area contributed by atoms with Crippen LogP contribution < -0.4 is 10.2 Å². The molecule has 1 unspecified atom stereocenters. The second kappa shape index (κ2) is 13.7. The zero-order valence-electron chi connectivity index (χ0n) is 23.5. The van der Waals surface area contributed by atoms with E-state index in [0.717, 1.165) is 40.0 Å². The zero-order chi connectivity index (χ0) is 28.7. The number of aliphatic hydroxyl groups excluding tert-OH is 1. The fourth-order valence-corrected chi connectivity index (χ4v) is 6.47. The van der Waals surface area contributed by atoms with E-state index in [1.807, 2.05) is 47.4 Å². The molecule has 2 fully saturated rings. The Morgan fingerprint density at radius 3 is 2.73 bits per heavy atom. The average molecular weight is 579 g/mol. The predicted molar refractivity (Wildman–Crippen MR) is 158 cm³/mol. The maximum Gasteiger partial charge on any atom is 0.249 e. The van der Waals surface area contributed by atoms with Crippen molar-refractivity contribution >= 4 is 28.1 Å². The van der Waals surface area contributed by atoms with Gasteiger partial charge in [0, 0.05) is 44.3 Å². The van der Waals surface area contributed by atoms with Crippen molar-refractivity contribution in [2.45, 2.75) is 38.3 Å². The van der Waals surface area contributed by atoms with Gasteiger partial charge in [-0.25, -0.2) is 5.48 Å². The molecule has 0 bridgehead atoms. The van der Waals surface area contributed by atoms with Gasteiger partial charge < -0.3 is 14.6 Å². The number of nitrogens with zero attached hydrogens (tertiary/aromatic N) is 3. The number of piperidine rings is 1. The summed E-state index contributed by atoms with van der Waals surface area (Å²) in [6.45, 7) is 5.68. The van der Waals surface area contributed by atoms with E-state index in [1.54, 1.807) is 18.4 Å². The Hall–Kier alpha value is -3.04. The summed E-state index contributed by atoms with van der Waals surface area (Å²) >= 11 is 1.62. The molecule has 2 aliphatic heterocycles. The van der Waals surface area contributed by atoms with E-state index in [-0.39, 0.29) is 5.91 Å². The van der Waals surface area contributed by atoms with Crippen molar-refractivity contribution in [2.75, 3.05) is 53.0 Å². The molecule has 0 spiro atoms. The van der Waals surface area contributed by atoms with Crippen molar-refractivity contribution < 1.29 is 24.6 Å². The first kappa shape index (κ1) is 29.5. The van der Waals surface area contributed by atoms with Crippen LogP contribution in [0.25, 0.3) is 10.9 Å². The molecule has 5 rings (SSSR count). The highest BCUT2D eigenvalue weighted by molar-refractivity contribution is 7.10. The van der Waals surface area contributed by atoms with E-state index in [4.69, 9.17) is 9.47 Å². The Bertz CT molecular complexity index is 1370. The lowest BCUT2D eigenvalue weighted by atomic mass is 9.73. The van der Waals surface area contributed by atoms with Crippen LogP contribution in [0.3, 0.4) is 0 Å². The molecule has 4 heterocycles. The molecule has 0 saturated carbocycles. The van der Waals surface area contributed by atoms with Crippen molar-refractivity contribution in [2.24, 2.45) is 5.41 Å². The molecule has 2 aromatic heterocycles. The topological polar surface area (TPSA) is 107 Å².